The number of benzene rings is 2. The summed E-state index contributed by atoms with van der Waals surface area (Å²) in [5.74, 6) is 2.14. The average molecular weight is 547 g/mol. The van der Waals surface area contributed by atoms with E-state index < -0.39 is 11.6 Å². The maximum absolute atomic E-state index is 13.8. The molecule has 3 heterocycles. The molecule has 5 rings (SSSR count). The summed E-state index contributed by atoms with van der Waals surface area (Å²) in [4.78, 5) is 19.1. The van der Waals surface area contributed by atoms with E-state index >= 15 is 0 Å². The third-order valence-electron chi connectivity index (χ3n) is 7.20. The van der Waals surface area contributed by atoms with E-state index in [9.17, 15) is 4.79 Å². The third kappa shape index (κ3) is 6.03. The number of tetrazole rings is 1. The van der Waals surface area contributed by atoms with Gasteiger partial charge in [-0.1, -0.05) is 12.1 Å². The number of pyridine rings is 1. The molecule has 1 saturated heterocycles. The number of ether oxygens (including phenoxy) is 3. The molecule has 10 nitrogen and oxygen atoms in total. The van der Waals surface area contributed by atoms with Crippen LogP contribution in [0.3, 0.4) is 0 Å². The number of methoxy groups -OCH3 is 1. The minimum absolute atomic E-state index is 0.0452. The first-order valence-corrected chi connectivity index (χ1v) is 13.8. The van der Waals surface area contributed by atoms with E-state index in [1.165, 1.54) is 0 Å². The third-order valence-corrected chi connectivity index (χ3v) is 7.20. The fourth-order valence-electron chi connectivity index (χ4n) is 5.28. The van der Waals surface area contributed by atoms with Gasteiger partial charge in [-0.05, 0) is 92.9 Å². The summed E-state index contributed by atoms with van der Waals surface area (Å²) in [6, 6.07) is 15.1. The van der Waals surface area contributed by atoms with E-state index in [0.717, 1.165) is 41.7 Å². The van der Waals surface area contributed by atoms with Gasteiger partial charge in [0.05, 0.1) is 25.4 Å². The van der Waals surface area contributed by atoms with Gasteiger partial charge < -0.3 is 19.2 Å². The summed E-state index contributed by atoms with van der Waals surface area (Å²) in [5.41, 5.74) is 1.79. The molecule has 0 unspecified atom stereocenters. The summed E-state index contributed by atoms with van der Waals surface area (Å²) in [6.07, 6.45) is 2.02. The van der Waals surface area contributed by atoms with Crippen LogP contribution in [0, 0.1) is 0 Å². The van der Waals surface area contributed by atoms with Crippen LogP contribution in [0.25, 0.3) is 10.9 Å². The van der Waals surface area contributed by atoms with Crippen LogP contribution >= 0.6 is 0 Å². The molecule has 1 aliphatic rings. The van der Waals surface area contributed by atoms with E-state index in [1.54, 1.807) is 7.11 Å². The lowest BCUT2D eigenvalue weighted by atomic mass is 10.00. The van der Waals surface area contributed by atoms with Crippen LogP contribution in [-0.2, 0) is 16.8 Å². The zero-order valence-corrected chi connectivity index (χ0v) is 23.9. The van der Waals surface area contributed by atoms with Gasteiger partial charge in [-0.3, -0.25) is 9.69 Å². The number of H-pyrrole nitrogens is 1. The summed E-state index contributed by atoms with van der Waals surface area (Å²) in [6.45, 7) is 10.6. The topological polar surface area (TPSA) is 107 Å². The van der Waals surface area contributed by atoms with Crippen molar-refractivity contribution >= 4 is 10.9 Å². The van der Waals surface area contributed by atoms with Crippen molar-refractivity contribution in [3.63, 3.8) is 0 Å². The van der Waals surface area contributed by atoms with Gasteiger partial charge in [0.1, 0.15) is 17.5 Å². The molecule has 2 atom stereocenters. The summed E-state index contributed by atoms with van der Waals surface area (Å²) >= 11 is 0. The van der Waals surface area contributed by atoms with Crippen LogP contribution in [0.15, 0.2) is 53.3 Å². The highest BCUT2D eigenvalue weighted by Crippen LogP contribution is 2.32. The number of hydrogen-bond acceptors (Lipinski definition) is 8. The van der Waals surface area contributed by atoms with Gasteiger partial charge in [-0.25, -0.2) is 4.68 Å². The fourth-order valence-corrected chi connectivity index (χ4v) is 5.28. The highest BCUT2D eigenvalue weighted by Gasteiger charge is 2.35. The molecular formula is C30H38N6O4. The zero-order valence-electron chi connectivity index (χ0n) is 23.9. The van der Waals surface area contributed by atoms with Gasteiger partial charge in [-0.15, -0.1) is 5.10 Å². The maximum atomic E-state index is 13.8. The predicted octanol–water partition coefficient (Wildman–Crippen LogP) is 4.45. The first-order chi connectivity index (χ1) is 19.3. The number of fused-ring (bicyclic) bond motifs is 1. The Morgan fingerprint density at radius 1 is 1.15 bits per heavy atom. The smallest absolute Gasteiger partial charge is 0.253 e. The molecule has 212 valence electrons. The Balaban J connectivity index is 1.66. The number of rotatable bonds is 10. The summed E-state index contributed by atoms with van der Waals surface area (Å²) < 4.78 is 19.0. The summed E-state index contributed by atoms with van der Waals surface area (Å²) in [5, 5.41) is 13.8. The number of hydrogen-bond donors (Lipinski definition) is 1. The Morgan fingerprint density at radius 3 is 2.60 bits per heavy atom. The summed E-state index contributed by atoms with van der Waals surface area (Å²) in [7, 11) is 1.63. The number of nitrogens with one attached hydrogen (secondary N) is 1. The molecule has 0 saturated carbocycles. The molecule has 0 amide bonds. The molecule has 0 radical (unpaired) electrons. The highest BCUT2D eigenvalue weighted by atomic mass is 16.5. The second kappa shape index (κ2) is 11.8. The minimum Gasteiger partial charge on any atom is -0.497 e. The standard InChI is InChI=1S/C30H38N6O4/c1-6-39-22-11-9-20(10-12-22)18-35(19-24-8-7-15-40-24)27(28-32-33-34-36(28)30(2,3)4)25-17-21-16-23(38-5)13-14-26(21)31-29(25)37/h9-14,16-17,24,27H,6-8,15,18-19H2,1-5H3,(H,31,37)/t24-,27-/m0/s1. The Morgan fingerprint density at radius 2 is 1.93 bits per heavy atom. The largest absolute Gasteiger partial charge is 0.497 e. The Hall–Kier alpha value is -3.76. The van der Waals surface area contributed by atoms with Gasteiger partial charge in [0, 0.05) is 36.2 Å². The van der Waals surface area contributed by atoms with Crippen molar-refractivity contribution in [3.05, 3.63) is 75.8 Å². The molecule has 0 bridgehead atoms. The lowest BCUT2D eigenvalue weighted by Gasteiger charge is -2.34. The van der Waals surface area contributed by atoms with Gasteiger partial charge in [0.15, 0.2) is 5.82 Å². The molecule has 2 aromatic heterocycles. The normalized spacial score (nSPS) is 16.5. The quantitative estimate of drug-likeness (QED) is 0.311. The molecule has 1 N–H and O–H groups in total. The van der Waals surface area contributed by atoms with Crippen LogP contribution < -0.4 is 15.0 Å². The Labute approximate surface area is 234 Å². The van der Waals surface area contributed by atoms with Gasteiger partial charge in [0.2, 0.25) is 0 Å². The zero-order chi connectivity index (χ0) is 28.3. The van der Waals surface area contributed by atoms with E-state index in [2.05, 4.69) is 58.3 Å². The molecule has 4 aromatic rings. The molecule has 0 aliphatic carbocycles. The van der Waals surface area contributed by atoms with E-state index in [1.807, 2.05) is 48.0 Å². The lowest BCUT2D eigenvalue weighted by molar-refractivity contribution is 0.0564. The molecule has 1 aliphatic heterocycles. The van der Waals surface area contributed by atoms with Crippen molar-refractivity contribution in [1.82, 2.24) is 30.1 Å². The molecular weight excluding hydrogens is 508 g/mol. The number of aromatic nitrogens is 5. The van der Waals surface area contributed by atoms with Crippen molar-refractivity contribution in [2.45, 2.75) is 64.8 Å². The highest BCUT2D eigenvalue weighted by molar-refractivity contribution is 5.80. The Kier molecular flexibility index (Phi) is 8.18. The van der Waals surface area contributed by atoms with Crippen molar-refractivity contribution < 1.29 is 14.2 Å². The second-order valence-corrected chi connectivity index (χ2v) is 11.2. The van der Waals surface area contributed by atoms with Crippen LogP contribution in [0.2, 0.25) is 0 Å². The second-order valence-electron chi connectivity index (χ2n) is 11.2. The monoisotopic (exact) mass is 546 g/mol. The van der Waals surface area contributed by atoms with Crippen LogP contribution in [0.4, 0.5) is 0 Å². The fraction of sp³-hybridized carbons (Fsp3) is 0.467. The van der Waals surface area contributed by atoms with Crippen molar-refractivity contribution in [3.8, 4) is 11.5 Å². The van der Waals surface area contributed by atoms with Crippen LogP contribution in [0.1, 0.15) is 63.5 Å². The van der Waals surface area contributed by atoms with Crippen molar-refractivity contribution in [2.24, 2.45) is 0 Å². The molecule has 2 aromatic carbocycles. The molecule has 40 heavy (non-hydrogen) atoms. The van der Waals surface area contributed by atoms with Crippen LogP contribution in [0.5, 0.6) is 11.5 Å². The molecule has 10 heteroatoms. The minimum atomic E-state index is -0.538. The van der Waals surface area contributed by atoms with Crippen molar-refractivity contribution in [1.29, 1.82) is 0 Å². The van der Waals surface area contributed by atoms with E-state index in [4.69, 9.17) is 14.2 Å². The SMILES string of the molecule is CCOc1ccc(CN(C[C@@H]2CCCO2)[C@@H](c2cc3cc(OC)ccc3[nH]c2=O)c2nnnn2C(C)(C)C)cc1. The van der Waals surface area contributed by atoms with Gasteiger partial charge in [0.25, 0.3) is 5.56 Å². The molecule has 1 fully saturated rings. The van der Waals surface area contributed by atoms with Gasteiger partial charge in [-0.2, -0.15) is 0 Å². The van der Waals surface area contributed by atoms with E-state index in [-0.39, 0.29) is 11.7 Å². The van der Waals surface area contributed by atoms with E-state index in [0.29, 0.717) is 36.8 Å². The first-order valence-electron chi connectivity index (χ1n) is 13.8. The number of nitrogens with zero attached hydrogens (tertiary/aromatic N) is 5. The Bertz CT molecular complexity index is 1480. The predicted molar refractivity (Wildman–Crippen MR) is 153 cm³/mol. The first kappa shape index (κ1) is 27.8. The average Bonchev–Trinajstić information content (AvgIpc) is 3.63. The number of aromatic amines is 1. The molecule has 0 spiro atoms. The van der Waals surface area contributed by atoms with Crippen LogP contribution in [-0.4, -0.2) is 63.1 Å². The van der Waals surface area contributed by atoms with Crippen molar-refractivity contribution in [2.75, 3.05) is 26.9 Å². The maximum Gasteiger partial charge on any atom is 0.253 e. The van der Waals surface area contributed by atoms with Gasteiger partial charge >= 0.3 is 0 Å². The lowest BCUT2D eigenvalue weighted by Crippen LogP contribution is -2.40.